The van der Waals surface area contributed by atoms with E-state index in [1.54, 1.807) is 7.05 Å². The molecule has 1 rings (SSSR count). The summed E-state index contributed by atoms with van der Waals surface area (Å²) >= 11 is 0. The van der Waals surface area contributed by atoms with E-state index in [1.165, 1.54) is 16.9 Å². The van der Waals surface area contributed by atoms with Crippen LogP contribution < -0.4 is 0 Å². The molecule has 1 saturated heterocycles. The summed E-state index contributed by atoms with van der Waals surface area (Å²) in [6, 6.07) is -0.323. The Hall–Kier alpha value is -1.19. The second-order valence-electron chi connectivity index (χ2n) is 5.16. The molecule has 1 aliphatic rings. The number of aliphatic carboxylic acids is 1. The quantitative estimate of drug-likeness (QED) is 0.590. The van der Waals surface area contributed by atoms with Gasteiger partial charge in [0.25, 0.3) is 0 Å². The SMILES string of the molecule is COCCN(CC(=O)O)CC(=O)N(C)C1CCS(=O)(=O)C1. The van der Waals surface area contributed by atoms with Gasteiger partial charge >= 0.3 is 5.97 Å². The Morgan fingerprint density at radius 3 is 2.48 bits per heavy atom. The van der Waals surface area contributed by atoms with Gasteiger partial charge in [0.2, 0.25) is 5.91 Å². The van der Waals surface area contributed by atoms with Crippen LogP contribution in [0.15, 0.2) is 0 Å². The molecule has 9 heteroatoms. The molecule has 1 amide bonds. The maximum atomic E-state index is 12.2. The molecule has 1 heterocycles. The molecule has 1 aliphatic heterocycles. The molecule has 0 spiro atoms. The molecule has 0 aromatic carbocycles. The number of hydrogen-bond donors (Lipinski definition) is 1. The second kappa shape index (κ2) is 7.71. The molecular formula is C12H22N2O6S. The van der Waals surface area contributed by atoms with E-state index in [-0.39, 0.29) is 36.5 Å². The molecule has 0 radical (unpaired) electrons. The number of carbonyl (C=O) groups excluding carboxylic acids is 1. The van der Waals surface area contributed by atoms with Gasteiger partial charge in [-0.1, -0.05) is 0 Å². The van der Waals surface area contributed by atoms with E-state index in [1.807, 2.05) is 0 Å². The lowest BCUT2D eigenvalue weighted by molar-refractivity contribution is -0.140. The molecule has 1 fully saturated rings. The Balaban J connectivity index is 2.57. The molecular weight excluding hydrogens is 300 g/mol. The molecule has 1 atom stereocenters. The average Bonchev–Trinajstić information content (AvgIpc) is 2.74. The van der Waals surface area contributed by atoms with Crippen molar-refractivity contribution in [1.82, 2.24) is 9.80 Å². The third-order valence-corrected chi connectivity index (χ3v) is 5.23. The summed E-state index contributed by atoms with van der Waals surface area (Å²) < 4.78 is 27.8. The molecule has 0 aromatic heterocycles. The molecule has 1 N–H and O–H groups in total. The van der Waals surface area contributed by atoms with Crippen molar-refractivity contribution in [2.24, 2.45) is 0 Å². The maximum Gasteiger partial charge on any atom is 0.317 e. The number of likely N-dealkylation sites (N-methyl/N-ethyl adjacent to an activating group) is 1. The minimum atomic E-state index is -3.06. The van der Waals surface area contributed by atoms with Crippen molar-refractivity contribution >= 4 is 21.7 Å². The fourth-order valence-electron chi connectivity index (χ4n) is 2.21. The number of sulfone groups is 1. The van der Waals surface area contributed by atoms with Crippen LogP contribution in [0.3, 0.4) is 0 Å². The van der Waals surface area contributed by atoms with Crippen LogP contribution in [-0.2, 0) is 24.2 Å². The lowest BCUT2D eigenvalue weighted by Crippen LogP contribution is -2.45. The largest absolute Gasteiger partial charge is 0.480 e. The van der Waals surface area contributed by atoms with Crippen molar-refractivity contribution in [2.45, 2.75) is 12.5 Å². The zero-order valence-electron chi connectivity index (χ0n) is 12.3. The van der Waals surface area contributed by atoms with Crippen molar-refractivity contribution in [3.8, 4) is 0 Å². The van der Waals surface area contributed by atoms with Crippen molar-refractivity contribution < 1.29 is 27.9 Å². The van der Waals surface area contributed by atoms with Crippen LogP contribution >= 0.6 is 0 Å². The van der Waals surface area contributed by atoms with E-state index in [0.717, 1.165) is 0 Å². The molecule has 8 nitrogen and oxygen atoms in total. The van der Waals surface area contributed by atoms with Crippen LogP contribution in [0.4, 0.5) is 0 Å². The predicted octanol–water partition coefficient (Wildman–Crippen LogP) is -1.34. The fraction of sp³-hybridized carbons (Fsp3) is 0.833. The van der Waals surface area contributed by atoms with E-state index >= 15 is 0 Å². The number of nitrogens with zero attached hydrogens (tertiary/aromatic N) is 2. The van der Waals surface area contributed by atoms with Gasteiger partial charge in [0.15, 0.2) is 9.84 Å². The van der Waals surface area contributed by atoms with Crippen molar-refractivity contribution in [2.75, 3.05) is 51.9 Å². The van der Waals surface area contributed by atoms with E-state index in [4.69, 9.17) is 9.84 Å². The Labute approximate surface area is 124 Å². The van der Waals surface area contributed by atoms with Gasteiger partial charge in [-0.3, -0.25) is 14.5 Å². The van der Waals surface area contributed by atoms with Crippen LogP contribution in [0.5, 0.6) is 0 Å². The Bertz CT molecular complexity index is 478. The standard InChI is InChI=1S/C12H22N2O6S/c1-13(10-3-6-21(18,19)9-10)11(15)7-14(4-5-20-2)8-12(16)17/h10H,3-9H2,1-2H3,(H,16,17). The normalized spacial score (nSPS) is 20.6. The highest BCUT2D eigenvalue weighted by molar-refractivity contribution is 7.91. The number of carboxylic acid groups (broad SMARTS) is 1. The van der Waals surface area contributed by atoms with Crippen molar-refractivity contribution in [3.05, 3.63) is 0 Å². The molecule has 0 bridgehead atoms. The van der Waals surface area contributed by atoms with E-state index in [9.17, 15) is 18.0 Å². The highest BCUT2D eigenvalue weighted by Gasteiger charge is 2.33. The first-order valence-corrected chi connectivity index (χ1v) is 8.46. The molecule has 0 saturated carbocycles. The Morgan fingerprint density at radius 2 is 2.00 bits per heavy atom. The smallest absolute Gasteiger partial charge is 0.317 e. The number of hydrogen-bond acceptors (Lipinski definition) is 6. The number of ether oxygens (including phenoxy) is 1. The van der Waals surface area contributed by atoms with E-state index in [0.29, 0.717) is 19.6 Å². The van der Waals surface area contributed by atoms with Crippen LogP contribution in [0.2, 0.25) is 0 Å². The molecule has 1 unspecified atom stereocenters. The summed E-state index contributed by atoms with van der Waals surface area (Å²) in [5, 5.41) is 8.83. The lowest BCUT2D eigenvalue weighted by Gasteiger charge is -2.27. The minimum Gasteiger partial charge on any atom is -0.480 e. The zero-order chi connectivity index (χ0) is 16.0. The average molecular weight is 322 g/mol. The van der Waals surface area contributed by atoms with Gasteiger partial charge in [0.1, 0.15) is 0 Å². The van der Waals surface area contributed by atoms with E-state index < -0.39 is 15.8 Å². The maximum absolute atomic E-state index is 12.2. The molecule has 0 aliphatic carbocycles. The number of carboxylic acids is 1. The number of carbonyl (C=O) groups is 2. The van der Waals surface area contributed by atoms with Crippen molar-refractivity contribution in [3.63, 3.8) is 0 Å². The molecule has 0 aromatic rings. The second-order valence-corrected chi connectivity index (χ2v) is 7.39. The summed E-state index contributed by atoms with van der Waals surface area (Å²) in [6.07, 6.45) is 0.432. The fourth-order valence-corrected chi connectivity index (χ4v) is 3.99. The Morgan fingerprint density at radius 1 is 1.33 bits per heavy atom. The van der Waals surface area contributed by atoms with Crippen molar-refractivity contribution in [1.29, 1.82) is 0 Å². The van der Waals surface area contributed by atoms with E-state index in [2.05, 4.69) is 0 Å². The predicted molar refractivity (Wildman–Crippen MR) is 75.8 cm³/mol. The minimum absolute atomic E-state index is 0.0216. The van der Waals surface area contributed by atoms with Gasteiger partial charge in [-0.15, -0.1) is 0 Å². The van der Waals surface area contributed by atoms with Gasteiger partial charge in [0, 0.05) is 26.7 Å². The summed E-state index contributed by atoms with van der Waals surface area (Å²) in [6.45, 7) is 0.321. The zero-order valence-corrected chi connectivity index (χ0v) is 13.1. The number of rotatable bonds is 8. The van der Waals surface area contributed by atoms with Gasteiger partial charge in [-0.2, -0.15) is 0 Å². The Kier molecular flexibility index (Phi) is 6.56. The number of methoxy groups -OCH3 is 1. The van der Waals surface area contributed by atoms with Crippen LogP contribution in [0.25, 0.3) is 0 Å². The first-order chi connectivity index (χ1) is 9.75. The van der Waals surface area contributed by atoms with Gasteiger partial charge in [-0.05, 0) is 6.42 Å². The van der Waals surface area contributed by atoms with Crippen LogP contribution in [0, 0.1) is 0 Å². The van der Waals surface area contributed by atoms with Gasteiger partial charge < -0.3 is 14.7 Å². The first kappa shape index (κ1) is 17.9. The third kappa shape index (κ3) is 5.98. The number of amides is 1. The topological polar surface area (TPSA) is 104 Å². The first-order valence-electron chi connectivity index (χ1n) is 6.64. The molecule has 122 valence electrons. The third-order valence-electron chi connectivity index (χ3n) is 3.48. The highest BCUT2D eigenvalue weighted by Crippen LogP contribution is 2.16. The molecule has 21 heavy (non-hydrogen) atoms. The summed E-state index contributed by atoms with van der Waals surface area (Å²) in [5.41, 5.74) is 0. The van der Waals surface area contributed by atoms with Gasteiger partial charge in [-0.25, -0.2) is 8.42 Å². The van der Waals surface area contributed by atoms with Gasteiger partial charge in [0.05, 0.1) is 31.2 Å². The lowest BCUT2D eigenvalue weighted by atomic mass is 10.2. The monoisotopic (exact) mass is 322 g/mol. The van der Waals surface area contributed by atoms with Crippen LogP contribution in [-0.4, -0.2) is 93.1 Å². The summed E-state index contributed by atoms with van der Waals surface area (Å²) in [5.74, 6) is -1.23. The van der Waals surface area contributed by atoms with Crippen LogP contribution in [0.1, 0.15) is 6.42 Å². The summed E-state index contributed by atoms with van der Waals surface area (Å²) in [4.78, 5) is 25.8. The summed E-state index contributed by atoms with van der Waals surface area (Å²) in [7, 11) is -0.00231. The highest BCUT2D eigenvalue weighted by atomic mass is 32.2.